The number of alkyl carbamates (subject to hydrolysis) is 1. The van der Waals surface area contributed by atoms with Gasteiger partial charge in [-0.2, -0.15) is 0 Å². The van der Waals surface area contributed by atoms with Gasteiger partial charge in [0.25, 0.3) is 0 Å². The van der Waals surface area contributed by atoms with Crippen molar-refractivity contribution in [2.45, 2.75) is 33.1 Å². The largest absolute Gasteiger partial charge is 0.481 e. The molecule has 0 fully saturated rings. The second kappa shape index (κ2) is 11.0. The van der Waals surface area contributed by atoms with E-state index < -0.39 is 23.9 Å². The molecule has 1 aliphatic carbocycles. The van der Waals surface area contributed by atoms with Crippen molar-refractivity contribution in [2.24, 2.45) is 17.8 Å². The quantitative estimate of drug-likeness (QED) is 0.505. The molecule has 7 nitrogen and oxygen atoms in total. The molecule has 0 spiro atoms. The predicted molar refractivity (Wildman–Crippen MR) is 126 cm³/mol. The van der Waals surface area contributed by atoms with E-state index >= 15 is 0 Å². The van der Waals surface area contributed by atoms with Gasteiger partial charge in [-0.25, -0.2) is 4.79 Å². The van der Waals surface area contributed by atoms with Crippen LogP contribution in [0.5, 0.6) is 0 Å². The monoisotopic (exact) mass is 452 g/mol. The third-order valence-electron chi connectivity index (χ3n) is 6.25. The Morgan fingerprint density at radius 1 is 0.939 bits per heavy atom. The number of carboxylic acid groups (broad SMARTS) is 1. The van der Waals surface area contributed by atoms with Gasteiger partial charge >= 0.3 is 12.1 Å². The molecule has 3 N–H and O–H groups in total. The maximum absolute atomic E-state index is 12.5. The van der Waals surface area contributed by atoms with Crippen LogP contribution in [0.25, 0.3) is 11.1 Å². The normalized spacial score (nSPS) is 14.2. The summed E-state index contributed by atoms with van der Waals surface area (Å²) in [5, 5.41) is 14.4. The highest BCUT2D eigenvalue weighted by Gasteiger charge is 2.29. The first-order valence-corrected chi connectivity index (χ1v) is 11.4. The molecule has 0 aliphatic heterocycles. The van der Waals surface area contributed by atoms with E-state index in [0.29, 0.717) is 6.42 Å². The maximum Gasteiger partial charge on any atom is 0.407 e. The summed E-state index contributed by atoms with van der Waals surface area (Å²) in [6, 6.07) is 16.3. The van der Waals surface area contributed by atoms with Crippen LogP contribution in [0, 0.1) is 17.8 Å². The fraction of sp³-hybridized carbons (Fsp3) is 0.423. The van der Waals surface area contributed by atoms with E-state index in [4.69, 9.17) is 9.84 Å². The number of fused-ring (bicyclic) bond motifs is 3. The van der Waals surface area contributed by atoms with Crippen LogP contribution in [0.15, 0.2) is 48.5 Å². The molecular weight excluding hydrogens is 420 g/mol. The van der Waals surface area contributed by atoms with Crippen molar-refractivity contribution in [1.82, 2.24) is 10.6 Å². The van der Waals surface area contributed by atoms with Crippen LogP contribution >= 0.6 is 0 Å². The molecule has 0 aromatic heterocycles. The van der Waals surface area contributed by atoms with Crippen LogP contribution in [0.1, 0.15) is 44.2 Å². The van der Waals surface area contributed by atoms with Crippen molar-refractivity contribution >= 4 is 18.0 Å². The van der Waals surface area contributed by atoms with Crippen LogP contribution in [-0.2, 0) is 14.3 Å². The first-order valence-electron chi connectivity index (χ1n) is 11.4. The third-order valence-corrected chi connectivity index (χ3v) is 6.25. The van der Waals surface area contributed by atoms with Crippen molar-refractivity contribution in [3.05, 3.63) is 59.7 Å². The lowest BCUT2D eigenvalue weighted by molar-refractivity contribution is -0.141. The zero-order chi connectivity index (χ0) is 24.0. The molecule has 2 atom stereocenters. The van der Waals surface area contributed by atoms with Gasteiger partial charge < -0.3 is 20.5 Å². The number of carbonyl (C=O) groups excluding carboxylic acids is 2. The van der Waals surface area contributed by atoms with E-state index in [0.717, 1.165) is 22.3 Å². The zero-order valence-corrected chi connectivity index (χ0v) is 19.3. The number of aliphatic carboxylic acids is 1. The Hall–Kier alpha value is -3.35. The molecule has 176 valence electrons. The van der Waals surface area contributed by atoms with Gasteiger partial charge in [0.1, 0.15) is 6.61 Å². The number of ether oxygens (including phenoxy) is 1. The van der Waals surface area contributed by atoms with E-state index in [1.165, 1.54) is 0 Å². The number of benzene rings is 2. The molecule has 2 aromatic rings. The topological polar surface area (TPSA) is 105 Å². The SMILES string of the molecule is CC(CCNC(=O)C(CNC(=O)OCC1c2ccccc2-c2ccccc21)C(C)C)C(=O)O. The molecule has 0 heterocycles. The highest BCUT2D eigenvalue weighted by molar-refractivity contribution is 5.80. The lowest BCUT2D eigenvalue weighted by Gasteiger charge is -2.21. The molecule has 2 aromatic carbocycles. The van der Waals surface area contributed by atoms with Crippen LogP contribution in [0.3, 0.4) is 0 Å². The van der Waals surface area contributed by atoms with E-state index in [2.05, 4.69) is 34.9 Å². The van der Waals surface area contributed by atoms with Crippen LogP contribution in [0.2, 0.25) is 0 Å². The minimum Gasteiger partial charge on any atom is -0.481 e. The number of carbonyl (C=O) groups is 3. The summed E-state index contributed by atoms with van der Waals surface area (Å²) in [5.74, 6) is -2.09. The Morgan fingerprint density at radius 2 is 1.52 bits per heavy atom. The molecule has 33 heavy (non-hydrogen) atoms. The smallest absolute Gasteiger partial charge is 0.407 e. The Bertz CT molecular complexity index is 958. The average molecular weight is 453 g/mol. The molecule has 0 bridgehead atoms. The number of nitrogens with one attached hydrogen (secondary N) is 2. The molecule has 1 aliphatic rings. The van der Waals surface area contributed by atoms with Crippen LogP contribution < -0.4 is 10.6 Å². The molecule has 2 amide bonds. The van der Waals surface area contributed by atoms with Gasteiger partial charge in [-0.1, -0.05) is 69.3 Å². The summed E-state index contributed by atoms with van der Waals surface area (Å²) in [7, 11) is 0. The summed E-state index contributed by atoms with van der Waals surface area (Å²) in [6.07, 6.45) is -0.207. The number of carboxylic acids is 1. The van der Waals surface area contributed by atoms with Crippen molar-refractivity contribution < 1.29 is 24.2 Å². The van der Waals surface area contributed by atoms with Crippen molar-refractivity contribution in [3.63, 3.8) is 0 Å². The fourth-order valence-electron chi connectivity index (χ4n) is 4.14. The number of amides is 2. The van der Waals surface area contributed by atoms with Crippen LogP contribution in [-0.4, -0.2) is 42.8 Å². The highest BCUT2D eigenvalue weighted by atomic mass is 16.5. The van der Waals surface area contributed by atoms with E-state index in [1.54, 1.807) is 6.92 Å². The molecule has 0 saturated heterocycles. The molecule has 0 saturated carbocycles. The summed E-state index contributed by atoms with van der Waals surface area (Å²) in [5.41, 5.74) is 4.61. The van der Waals surface area contributed by atoms with E-state index in [-0.39, 0.29) is 37.4 Å². The molecule has 2 unspecified atom stereocenters. The minimum absolute atomic E-state index is 0.00390. The first-order chi connectivity index (χ1) is 15.8. The zero-order valence-electron chi connectivity index (χ0n) is 19.3. The molecule has 3 rings (SSSR count). The molecule has 7 heteroatoms. The second-order valence-corrected chi connectivity index (χ2v) is 8.88. The van der Waals surface area contributed by atoms with Gasteiger partial charge in [-0.15, -0.1) is 0 Å². The first kappa shape index (κ1) is 24.3. The Morgan fingerprint density at radius 3 is 2.06 bits per heavy atom. The van der Waals surface area contributed by atoms with Crippen molar-refractivity contribution in [3.8, 4) is 11.1 Å². The standard InChI is InChI=1S/C26H32N2O5/c1-16(2)22(24(29)27-13-12-17(3)25(30)31)14-28-26(32)33-15-23-20-10-6-4-8-18(20)19-9-5-7-11-21(19)23/h4-11,16-17,22-23H,12-15H2,1-3H3,(H,27,29)(H,28,32)(H,30,31). The fourth-order valence-corrected chi connectivity index (χ4v) is 4.14. The molecule has 0 radical (unpaired) electrons. The van der Waals surface area contributed by atoms with Gasteiger partial charge in [-0.05, 0) is 34.6 Å². The summed E-state index contributed by atoms with van der Waals surface area (Å²) in [4.78, 5) is 35.9. The summed E-state index contributed by atoms with van der Waals surface area (Å²) < 4.78 is 5.54. The second-order valence-electron chi connectivity index (χ2n) is 8.88. The maximum atomic E-state index is 12.5. The van der Waals surface area contributed by atoms with Crippen LogP contribution in [0.4, 0.5) is 4.79 Å². The lowest BCUT2D eigenvalue weighted by Crippen LogP contribution is -2.42. The Balaban J connectivity index is 1.52. The highest BCUT2D eigenvalue weighted by Crippen LogP contribution is 2.44. The predicted octanol–water partition coefficient (Wildman–Crippen LogP) is 4.02. The van der Waals surface area contributed by atoms with Gasteiger partial charge in [-0.3, -0.25) is 9.59 Å². The minimum atomic E-state index is -0.887. The van der Waals surface area contributed by atoms with E-state index in [9.17, 15) is 14.4 Å². The van der Waals surface area contributed by atoms with Gasteiger partial charge in [0.05, 0.1) is 11.8 Å². The van der Waals surface area contributed by atoms with E-state index in [1.807, 2.05) is 38.1 Å². The number of hydrogen-bond donors (Lipinski definition) is 3. The van der Waals surface area contributed by atoms with Gasteiger partial charge in [0, 0.05) is 19.0 Å². The average Bonchev–Trinajstić information content (AvgIpc) is 3.11. The van der Waals surface area contributed by atoms with Gasteiger partial charge in [0.2, 0.25) is 5.91 Å². The number of hydrogen-bond acceptors (Lipinski definition) is 4. The summed E-state index contributed by atoms with van der Waals surface area (Å²) in [6.45, 7) is 6.06. The van der Waals surface area contributed by atoms with Crippen molar-refractivity contribution in [1.29, 1.82) is 0 Å². The third kappa shape index (κ3) is 5.92. The Kier molecular flexibility index (Phi) is 8.09. The van der Waals surface area contributed by atoms with Crippen molar-refractivity contribution in [2.75, 3.05) is 19.7 Å². The number of rotatable bonds is 10. The molecular formula is C26H32N2O5. The lowest BCUT2D eigenvalue weighted by atomic mass is 9.94. The summed E-state index contributed by atoms with van der Waals surface area (Å²) >= 11 is 0. The Labute approximate surface area is 194 Å². The van der Waals surface area contributed by atoms with Gasteiger partial charge in [0.15, 0.2) is 0 Å².